The van der Waals surface area contributed by atoms with Crippen molar-refractivity contribution in [1.82, 2.24) is 0 Å². The van der Waals surface area contributed by atoms with Gasteiger partial charge in [0.25, 0.3) is 0 Å². The van der Waals surface area contributed by atoms with E-state index in [9.17, 15) is 24.6 Å². The molecule has 2 aromatic rings. The lowest BCUT2D eigenvalue weighted by molar-refractivity contribution is -0.145. The Hall–Kier alpha value is -3.15. The maximum atomic E-state index is 12.7. The van der Waals surface area contributed by atoms with E-state index in [1.807, 2.05) is 0 Å². The monoisotopic (exact) mass is 310 g/mol. The lowest BCUT2D eigenvalue weighted by Gasteiger charge is -2.25. The molecule has 1 aliphatic carbocycles. The molecule has 23 heavy (non-hydrogen) atoms. The van der Waals surface area contributed by atoms with Crippen molar-refractivity contribution < 1.29 is 29.3 Å². The van der Waals surface area contributed by atoms with Crippen LogP contribution in [0.4, 0.5) is 0 Å². The highest BCUT2D eigenvalue weighted by Gasteiger charge is 2.38. The first-order valence-corrected chi connectivity index (χ1v) is 6.94. The maximum Gasteiger partial charge on any atom is 0.310 e. The molecule has 114 valence electrons. The van der Waals surface area contributed by atoms with Crippen LogP contribution >= 0.6 is 0 Å². The summed E-state index contributed by atoms with van der Waals surface area (Å²) < 4.78 is 4.86. The van der Waals surface area contributed by atoms with Gasteiger partial charge in [0.15, 0.2) is 11.6 Å². The first-order valence-electron chi connectivity index (χ1n) is 6.94. The molecule has 6 nitrogen and oxygen atoms in total. The summed E-state index contributed by atoms with van der Waals surface area (Å²) in [6.07, 6.45) is -0.259. The summed E-state index contributed by atoms with van der Waals surface area (Å²) in [6.45, 7) is -0.246. The average molecular weight is 310 g/mol. The van der Waals surface area contributed by atoms with E-state index in [4.69, 9.17) is 4.74 Å². The average Bonchev–Trinajstić information content (AvgIpc) is 2.56. The van der Waals surface area contributed by atoms with Gasteiger partial charge in [0.1, 0.15) is 18.1 Å². The van der Waals surface area contributed by atoms with Gasteiger partial charge in [0, 0.05) is 22.3 Å². The number of phenols is 2. The maximum absolute atomic E-state index is 12.7. The second-order valence-corrected chi connectivity index (χ2v) is 5.45. The van der Waals surface area contributed by atoms with Gasteiger partial charge in [-0.05, 0) is 0 Å². The summed E-state index contributed by atoms with van der Waals surface area (Å²) in [7, 11) is 0. The van der Waals surface area contributed by atoms with Crippen LogP contribution in [0.2, 0.25) is 0 Å². The van der Waals surface area contributed by atoms with Crippen LogP contribution in [0.15, 0.2) is 24.3 Å². The summed E-state index contributed by atoms with van der Waals surface area (Å²) in [4.78, 5) is 36.7. The van der Waals surface area contributed by atoms with Crippen molar-refractivity contribution in [1.29, 1.82) is 0 Å². The highest BCUT2D eigenvalue weighted by molar-refractivity contribution is 6.30. The molecule has 2 aliphatic rings. The molecule has 0 atom stereocenters. The third kappa shape index (κ3) is 1.66. The fourth-order valence-electron chi connectivity index (χ4n) is 3.11. The zero-order valence-corrected chi connectivity index (χ0v) is 11.8. The molecule has 0 spiro atoms. The number of carbonyl (C=O) groups is 3. The predicted molar refractivity (Wildman–Crippen MR) is 76.6 cm³/mol. The van der Waals surface area contributed by atoms with Crippen LogP contribution in [-0.2, 0) is 22.6 Å². The quantitative estimate of drug-likeness (QED) is 0.482. The Morgan fingerprint density at radius 2 is 1.35 bits per heavy atom. The second-order valence-electron chi connectivity index (χ2n) is 5.45. The molecule has 0 radical (unpaired) electrons. The number of benzene rings is 2. The van der Waals surface area contributed by atoms with Gasteiger partial charge >= 0.3 is 5.97 Å². The minimum atomic E-state index is -0.567. The first-order chi connectivity index (χ1) is 11.0. The molecule has 2 aromatic carbocycles. The fraction of sp³-hybridized carbons (Fsp3) is 0.118. The molecule has 4 rings (SSSR count). The van der Waals surface area contributed by atoms with Gasteiger partial charge in [-0.15, -0.1) is 0 Å². The fourth-order valence-corrected chi connectivity index (χ4v) is 3.11. The van der Waals surface area contributed by atoms with E-state index >= 15 is 0 Å². The third-order valence-corrected chi connectivity index (χ3v) is 4.23. The van der Waals surface area contributed by atoms with E-state index in [2.05, 4.69) is 0 Å². The topological polar surface area (TPSA) is 101 Å². The van der Waals surface area contributed by atoms with Crippen LogP contribution in [0.25, 0.3) is 0 Å². The van der Waals surface area contributed by atoms with Crippen molar-refractivity contribution in [2.24, 2.45) is 0 Å². The Morgan fingerprint density at radius 1 is 0.826 bits per heavy atom. The molecule has 0 amide bonds. The van der Waals surface area contributed by atoms with Gasteiger partial charge in [-0.1, -0.05) is 24.3 Å². The Labute approximate surface area is 129 Å². The Bertz CT molecular complexity index is 925. The standard InChI is InChI=1S/C17H10O6/c18-11-5-9-10(6-23-11)17(22)13-12(16(9)21)14(19)7-3-1-2-4-8(7)15(13)20/h1-4,21-22H,5-6H2. The summed E-state index contributed by atoms with van der Waals surface area (Å²) in [6, 6.07) is 6.21. The van der Waals surface area contributed by atoms with Gasteiger partial charge in [-0.3, -0.25) is 14.4 Å². The van der Waals surface area contributed by atoms with Crippen LogP contribution in [0.1, 0.15) is 43.0 Å². The molecule has 0 bridgehead atoms. The van der Waals surface area contributed by atoms with Crippen LogP contribution < -0.4 is 0 Å². The van der Waals surface area contributed by atoms with E-state index in [0.717, 1.165) is 0 Å². The van der Waals surface area contributed by atoms with Crippen molar-refractivity contribution in [3.63, 3.8) is 0 Å². The smallest absolute Gasteiger partial charge is 0.310 e. The van der Waals surface area contributed by atoms with E-state index in [1.165, 1.54) is 12.1 Å². The van der Waals surface area contributed by atoms with Crippen molar-refractivity contribution >= 4 is 17.5 Å². The third-order valence-electron chi connectivity index (χ3n) is 4.23. The number of carbonyl (C=O) groups excluding carboxylic acids is 3. The Morgan fingerprint density at radius 3 is 1.91 bits per heavy atom. The number of esters is 1. The molecule has 1 aliphatic heterocycles. The molecule has 0 aromatic heterocycles. The molecular weight excluding hydrogens is 300 g/mol. The van der Waals surface area contributed by atoms with Crippen LogP contribution in [0.5, 0.6) is 11.5 Å². The first kappa shape index (κ1) is 13.5. The second kappa shape index (κ2) is 4.42. The molecule has 0 fully saturated rings. The zero-order valence-electron chi connectivity index (χ0n) is 11.8. The number of hydrogen-bond acceptors (Lipinski definition) is 6. The minimum absolute atomic E-state index is 0.137. The number of fused-ring (bicyclic) bond motifs is 3. The van der Waals surface area contributed by atoms with Crippen LogP contribution in [0.3, 0.4) is 0 Å². The summed E-state index contributed by atoms with van der Waals surface area (Å²) in [5.41, 5.74) is 0.160. The number of ketones is 2. The van der Waals surface area contributed by atoms with Crippen molar-refractivity contribution in [3.05, 3.63) is 57.6 Å². The Balaban J connectivity index is 2.08. The molecular formula is C17H10O6. The molecule has 0 saturated heterocycles. The van der Waals surface area contributed by atoms with Gasteiger partial charge in [0.2, 0.25) is 0 Å². The molecule has 6 heteroatoms. The SMILES string of the molecule is O=C1Cc2c(O)c3c(c(O)c2CO1)C(=O)c1ccccc1C3=O. The van der Waals surface area contributed by atoms with Crippen molar-refractivity contribution in [2.75, 3.05) is 0 Å². The van der Waals surface area contributed by atoms with E-state index in [1.54, 1.807) is 12.1 Å². The molecule has 0 saturated carbocycles. The lowest BCUT2D eigenvalue weighted by Crippen LogP contribution is -2.25. The number of aromatic hydroxyl groups is 2. The van der Waals surface area contributed by atoms with Crippen LogP contribution in [0, 0.1) is 0 Å². The molecule has 0 unspecified atom stereocenters. The van der Waals surface area contributed by atoms with Crippen molar-refractivity contribution in [2.45, 2.75) is 13.0 Å². The largest absolute Gasteiger partial charge is 0.507 e. The predicted octanol–water partition coefficient (Wildman–Crippen LogP) is 1.47. The number of ether oxygens (including phenoxy) is 1. The van der Waals surface area contributed by atoms with Gasteiger partial charge in [-0.25, -0.2) is 0 Å². The lowest BCUT2D eigenvalue weighted by atomic mass is 9.80. The van der Waals surface area contributed by atoms with E-state index in [0.29, 0.717) is 0 Å². The number of phenolic OH excluding ortho intramolecular Hbond substituents is 2. The summed E-state index contributed by atoms with van der Waals surface area (Å²) in [5, 5.41) is 20.9. The van der Waals surface area contributed by atoms with Gasteiger partial charge in [0.05, 0.1) is 17.5 Å². The van der Waals surface area contributed by atoms with Crippen LogP contribution in [-0.4, -0.2) is 27.7 Å². The van der Waals surface area contributed by atoms with E-state index in [-0.39, 0.29) is 46.4 Å². The van der Waals surface area contributed by atoms with Gasteiger partial charge in [-0.2, -0.15) is 0 Å². The zero-order chi connectivity index (χ0) is 16.3. The molecule has 1 heterocycles. The molecule has 2 N–H and O–H groups in total. The number of cyclic esters (lactones) is 1. The normalized spacial score (nSPS) is 15.6. The Kier molecular flexibility index (Phi) is 2.60. The van der Waals surface area contributed by atoms with E-state index < -0.39 is 29.0 Å². The summed E-state index contributed by atoms with van der Waals surface area (Å²) in [5.74, 6) is -2.50. The van der Waals surface area contributed by atoms with Crippen molar-refractivity contribution in [3.8, 4) is 11.5 Å². The number of hydrogen-bond donors (Lipinski definition) is 2. The highest BCUT2D eigenvalue weighted by Crippen LogP contribution is 2.44. The summed E-state index contributed by atoms with van der Waals surface area (Å²) >= 11 is 0. The number of rotatable bonds is 0. The highest BCUT2D eigenvalue weighted by atomic mass is 16.5. The minimum Gasteiger partial charge on any atom is -0.507 e. The van der Waals surface area contributed by atoms with Gasteiger partial charge < -0.3 is 14.9 Å².